The van der Waals surface area contributed by atoms with E-state index in [1.807, 2.05) is 11.6 Å². The molecule has 0 aliphatic rings. The number of nitrogens with one attached hydrogen (secondary N) is 1. The van der Waals surface area contributed by atoms with Crippen molar-refractivity contribution in [3.8, 4) is 5.88 Å². The summed E-state index contributed by atoms with van der Waals surface area (Å²) >= 11 is 2.98. The Labute approximate surface area is 101 Å². The average Bonchev–Trinajstić information content (AvgIpc) is 2.81. The maximum absolute atomic E-state index is 5.10. The molecule has 2 aromatic heterocycles. The first-order valence-corrected chi connectivity index (χ1v) is 6.56. The van der Waals surface area contributed by atoms with Crippen LogP contribution in [0.1, 0.15) is 0 Å². The van der Waals surface area contributed by atoms with Crippen LogP contribution in [0.3, 0.4) is 0 Å². The molecule has 0 aromatic carbocycles. The van der Waals surface area contributed by atoms with Crippen LogP contribution in [-0.4, -0.2) is 28.3 Å². The van der Waals surface area contributed by atoms with Crippen LogP contribution in [0.5, 0.6) is 5.88 Å². The quantitative estimate of drug-likeness (QED) is 0.668. The summed E-state index contributed by atoms with van der Waals surface area (Å²) in [6.07, 6.45) is 3.66. The summed E-state index contributed by atoms with van der Waals surface area (Å²) in [7, 11) is 1.58. The number of nitrogens with zero attached hydrogens (tertiary/aromatic N) is 3. The van der Waals surface area contributed by atoms with Crippen molar-refractivity contribution in [2.75, 3.05) is 18.7 Å². The Hall–Kier alpha value is -1.34. The number of anilines is 2. The fraction of sp³-hybridized carbons (Fsp3) is 0.222. The lowest BCUT2D eigenvalue weighted by atomic mass is 10.5. The van der Waals surface area contributed by atoms with Crippen molar-refractivity contribution in [2.24, 2.45) is 0 Å². The Bertz CT molecular complexity index is 438. The molecule has 0 aliphatic carbocycles. The molecule has 0 aliphatic heterocycles. The van der Waals surface area contributed by atoms with E-state index >= 15 is 0 Å². The second kappa shape index (κ2) is 5.13. The van der Waals surface area contributed by atoms with Gasteiger partial charge in [-0.2, -0.15) is 4.98 Å². The first-order valence-electron chi connectivity index (χ1n) is 4.45. The van der Waals surface area contributed by atoms with E-state index in [0.717, 1.165) is 5.13 Å². The fourth-order valence-electron chi connectivity index (χ4n) is 1.06. The van der Waals surface area contributed by atoms with Gasteiger partial charge in [0, 0.05) is 17.6 Å². The number of aromatic nitrogens is 3. The van der Waals surface area contributed by atoms with Crippen LogP contribution in [0.4, 0.5) is 10.9 Å². The predicted molar refractivity (Wildman–Crippen MR) is 65.8 cm³/mol. The van der Waals surface area contributed by atoms with Crippen molar-refractivity contribution < 1.29 is 4.74 Å². The highest BCUT2D eigenvalue weighted by Gasteiger charge is 2.05. The molecule has 0 atom stereocenters. The maximum atomic E-state index is 5.10. The number of hydrogen-bond acceptors (Lipinski definition) is 7. The Balaban J connectivity index is 2.26. The summed E-state index contributed by atoms with van der Waals surface area (Å²) in [5.41, 5.74) is 0. The first kappa shape index (κ1) is 11.2. The molecule has 16 heavy (non-hydrogen) atoms. The molecule has 0 amide bonds. The lowest BCUT2D eigenvalue weighted by Crippen LogP contribution is -1.98. The van der Waals surface area contributed by atoms with Crippen LogP contribution in [0.25, 0.3) is 0 Å². The van der Waals surface area contributed by atoms with E-state index < -0.39 is 0 Å². The molecule has 7 heteroatoms. The predicted octanol–water partition coefficient (Wildman–Crippen LogP) is 2.41. The zero-order valence-electron chi connectivity index (χ0n) is 8.80. The third kappa shape index (κ3) is 2.61. The topological polar surface area (TPSA) is 59.9 Å². The molecule has 0 fully saturated rings. The molecule has 2 heterocycles. The summed E-state index contributed by atoms with van der Waals surface area (Å²) in [5, 5.41) is 6.46. The van der Waals surface area contributed by atoms with Gasteiger partial charge in [-0.25, -0.2) is 9.97 Å². The maximum Gasteiger partial charge on any atom is 0.219 e. The number of hydrogen-bond donors (Lipinski definition) is 1. The van der Waals surface area contributed by atoms with Crippen LogP contribution in [-0.2, 0) is 0 Å². The minimum atomic E-state index is 0.540. The van der Waals surface area contributed by atoms with Gasteiger partial charge in [-0.3, -0.25) is 0 Å². The van der Waals surface area contributed by atoms with E-state index in [2.05, 4.69) is 20.3 Å². The molecule has 5 nitrogen and oxygen atoms in total. The molecule has 1 N–H and O–H groups in total. The second-order valence-corrected chi connectivity index (χ2v) is 4.41. The normalized spacial score (nSPS) is 10.1. The van der Waals surface area contributed by atoms with Crippen molar-refractivity contribution >= 4 is 34.0 Å². The van der Waals surface area contributed by atoms with Crippen molar-refractivity contribution in [1.82, 2.24) is 15.0 Å². The van der Waals surface area contributed by atoms with E-state index in [0.29, 0.717) is 16.9 Å². The van der Waals surface area contributed by atoms with Gasteiger partial charge >= 0.3 is 0 Å². The monoisotopic (exact) mass is 254 g/mol. The molecule has 0 bridgehead atoms. The number of thioether (sulfide) groups is 1. The van der Waals surface area contributed by atoms with E-state index in [-0.39, 0.29) is 0 Å². The van der Waals surface area contributed by atoms with Crippen molar-refractivity contribution in [3.63, 3.8) is 0 Å². The van der Waals surface area contributed by atoms with Crippen LogP contribution in [0.2, 0.25) is 0 Å². The van der Waals surface area contributed by atoms with Gasteiger partial charge in [0.2, 0.25) is 5.88 Å². The molecular weight excluding hydrogens is 244 g/mol. The lowest BCUT2D eigenvalue weighted by Gasteiger charge is -2.05. The summed E-state index contributed by atoms with van der Waals surface area (Å²) < 4.78 is 5.10. The molecule has 2 aromatic rings. The van der Waals surface area contributed by atoms with Gasteiger partial charge in [0.15, 0.2) is 10.3 Å². The number of thiazole rings is 1. The van der Waals surface area contributed by atoms with Gasteiger partial charge in [0.1, 0.15) is 5.82 Å². The zero-order valence-corrected chi connectivity index (χ0v) is 10.4. The highest BCUT2D eigenvalue weighted by atomic mass is 32.2. The third-order valence-electron chi connectivity index (χ3n) is 1.74. The van der Waals surface area contributed by atoms with Crippen molar-refractivity contribution in [3.05, 3.63) is 17.6 Å². The van der Waals surface area contributed by atoms with Gasteiger partial charge in [-0.05, 0) is 6.26 Å². The van der Waals surface area contributed by atoms with E-state index in [1.54, 1.807) is 19.4 Å². The number of methoxy groups -OCH3 is 1. The van der Waals surface area contributed by atoms with E-state index in [1.165, 1.54) is 23.1 Å². The highest BCUT2D eigenvalue weighted by Crippen LogP contribution is 2.22. The fourth-order valence-corrected chi connectivity index (χ4v) is 1.97. The van der Waals surface area contributed by atoms with Gasteiger partial charge in [-0.15, -0.1) is 11.3 Å². The largest absolute Gasteiger partial charge is 0.481 e. The Kier molecular flexibility index (Phi) is 3.58. The van der Waals surface area contributed by atoms with Crippen LogP contribution >= 0.6 is 23.1 Å². The summed E-state index contributed by atoms with van der Waals surface area (Å²) in [5.74, 6) is 1.23. The summed E-state index contributed by atoms with van der Waals surface area (Å²) in [4.78, 5) is 12.6. The molecule has 0 radical (unpaired) electrons. The molecule has 84 valence electrons. The molecule has 0 saturated heterocycles. The van der Waals surface area contributed by atoms with Crippen LogP contribution in [0.15, 0.2) is 22.8 Å². The van der Waals surface area contributed by atoms with Gasteiger partial charge in [0.25, 0.3) is 0 Å². The molecule has 0 unspecified atom stereocenters. The average molecular weight is 254 g/mol. The summed E-state index contributed by atoms with van der Waals surface area (Å²) in [6.45, 7) is 0. The highest BCUT2D eigenvalue weighted by molar-refractivity contribution is 7.98. The Morgan fingerprint density at radius 1 is 1.44 bits per heavy atom. The van der Waals surface area contributed by atoms with Crippen LogP contribution in [0, 0.1) is 0 Å². The second-order valence-electron chi connectivity index (χ2n) is 2.74. The van der Waals surface area contributed by atoms with Crippen molar-refractivity contribution in [2.45, 2.75) is 5.16 Å². The molecule has 0 saturated carbocycles. The van der Waals surface area contributed by atoms with E-state index in [4.69, 9.17) is 4.74 Å². The molecule has 0 spiro atoms. The van der Waals surface area contributed by atoms with Gasteiger partial charge in [0.05, 0.1) is 7.11 Å². The summed E-state index contributed by atoms with van der Waals surface area (Å²) in [6, 6.07) is 1.74. The van der Waals surface area contributed by atoms with E-state index in [9.17, 15) is 0 Å². The first-order chi connectivity index (χ1) is 7.81. The lowest BCUT2D eigenvalue weighted by molar-refractivity contribution is 0.393. The molecular formula is C9H10N4OS2. The van der Waals surface area contributed by atoms with Gasteiger partial charge in [-0.1, -0.05) is 11.8 Å². The third-order valence-corrected chi connectivity index (χ3v) is 2.98. The van der Waals surface area contributed by atoms with Crippen LogP contribution < -0.4 is 10.1 Å². The number of rotatable bonds is 4. The Morgan fingerprint density at radius 2 is 2.31 bits per heavy atom. The zero-order chi connectivity index (χ0) is 11.4. The minimum absolute atomic E-state index is 0.540. The molecule has 2 rings (SSSR count). The van der Waals surface area contributed by atoms with Crippen molar-refractivity contribution in [1.29, 1.82) is 0 Å². The SMILES string of the molecule is COc1cc(Nc2nccs2)nc(SC)n1. The van der Waals surface area contributed by atoms with Gasteiger partial charge < -0.3 is 10.1 Å². The minimum Gasteiger partial charge on any atom is -0.481 e. The standard InChI is InChI=1S/C9H10N4OS2/c1-14-7-5-6(12-9(13-7)15-2)11-8-10-3-4-16-8/h3-5H,1-2H3,(H,10,11,12,13). The number of ether oxygens (including phenoxy) is 1. The smallest absolute Gasteiger partial charge is 0.219 e. The Morgan fingerprint density at radius 3 is 2.94 bits per heavy atom.